The monoisotopic (exact) mass is 328 g/mol. The molecule has 16 heavy (non-hydrogen) atoms. The Balaban J connectivity index is 2.53. The molecule has 1 aromatic carbocycles. The van der Waals surface area contributed by atoms with Gasteiger partial charge >= 0.3 is 0 Å². The Kier molecular flexibility index (Phi) is 6.66. The summed E-state index contributed by atoms with van der Waals surface area (Å²) in [6.07, 6.45) is -0.223. The van der Waals surface area contributed by atoms with Crippen LogP contribution in [0.1, 0.15) is 5.56 Å². The third-order valence-electron chi connectivity index (χ3n) is 2.11. The number of ether oxygens (including phenoxy) is 1. The van der Waals surface area contributed by atoms with Crippen LogP contribution in [0.25, 0.3) is 0 Å². The second-order valence-electron chi connectivity index (χ2n) is 3.27. The van der Waals surface area contributed by atoms with E-state index in [0.717, 1.165) is 0 Å². The van der Waals surface area contributed by atoms with E-state index >= 15 is 0 Å². The van der Waals surface area contributed by atoms with Gasteiger partial charge in [0.1, 0.15) is 5.82 Å². The summed E-state index contributed by atoms with van der Waals surface area (Å²) in [4.78, 5) is -0.0292. The first-order valence-corrected chi connectivity index (χ1v) is 6.78. The Labute approximate surface area is 113 Å². The molecule has 1 rings (SSSR count). The summed E-state index contributed by atoms with van der Waals surface area (Å²) >= 11 is 14.8. The first kappa shape index (κ1) is 14.2. The summed E-state index contributed by atoms with van der Waals surface area (Å²) < 4.78 is 18.8. The van der Waals surface area contributed by atoms with Crippen molar-refractivity contribution >= 4 is 39.1 Å². The molecule has 0 spiro atoms. The summed E-state index contributed by atoms with van der Waals surface area (Å²) in [5.74, 6) is 0.443. The zero-order chi connectivity index (χ0) is 12.0. The number of alkyl halides is 3. The number of hydrogen-bond acceptors (Lipinski definition) is 1. The molecule has 0 aromatic heterocycles. The van der Waals surface area contributed by atoms with Crippen molar-refractivity contribution in [1.29, 1.82) is 0 Å². The highest BCUT2D eigenvalue weighted by atomic mass is 79.9. The summed E-state index contributed by atoms with van der Waals surface area (Å²) in [6, 6.07) is 6.50. The largest absolute Gasteiger partial charge is 0.371 e. The van der Waals surface area contributed by atoms with E-state index in [1.54, 1.807) is 18.2 Å². The van der Waals surface area contributed by atoms with E-state index in [9.17, 15) is 4.39 Å². The summed E-state index contributed by atoms with van der Waals surface area (Å²) in [6.45, 7) is 0.197. The van der Waals surface area contributed by atoms with Gasteiger partial charge in [-0.3, -0.25) is 0 Å². The SMILES string of the molecule is Fc1ccccc1COC(CCl)C(Br)CCl. The lowest BCUT2D eigenvalue weighted by atomic mass is 10.2. The molecule has 0 aliphatic rings. The number of rotatable bonds is 6. The van der Waals surface area contributed by atoms with Crippen LogP contribution in [0.4, 0.5) is 4.39 Å². The molecule has 2 atom stereocenters. The Morgan fingerprint density at radius 1 is 1.25 bits per heavy atom. The number of benzene rings is 1. The van der Waals surface area contributed by atoms with Gasteiger partial charge in [0.2, 0.25) is 0 Å². The Morgan fingerprint density at radius 3 is 2.50 bits per heavy atom. The zero-order valence-corrected chi connectivity index (χ0v) is 11.6. The molecule has 1 aromatic rings. The zero-order valence-electron chi connectivity index (χ0n) is 8.51. The molecule has 0 amide bonds. The fourth-order valence-corrected chi connectivity index (χ4v) is 2.21. The molecule has 0 aliphatic carbocycles. The lowest BCUT2D eigenvalue weighted by Crippen LogP contribution is -2.27. The van der Waals surface area contributed by atoms with Gasteiger partial charge in [-0.15, -0.1) is 23.2 Å². The van der Waals surface area contributed by atoms with Gasteiger partial charge in [0, 0.05) is 17.3 Å². The Bertz CT molecular complexity index is 325. The van der Waals surface area contributed by atoms with Gasteiger partial charge in [0.15, 0.2) is 0 Å². The van der Waals surface area contributed by atoms with Crippen molar-refractivity contribution in [3.05, 3.63) is 35.6 Å². The van der Waals surface area contributed by atoms with E-state index < -0.39 is 0 Å². The molecule has 90 valence electrons. The predicted molar refractivity (Wildman–Crippen MR) is 69.1 cm³/mol. The highest BCUT2D eigenvalue weighted by Crippen LogP contribution is 2.16. The maximum absolute atomic E-state index is 13.3. The summed E-state index contributed by atoms with van der Waals surface area (Å²) in [5, 5.41) is 0. The van der Waals surface area contributed by atoms with Crippen molar-refractivity contribution in [2.24, 2.45) is 0 Å². The van der Waals surface area contributed by atoms with Crippen LogP contribution in [0, 0.1) is 5.82 Å². The maximum atomic E-state index is 13.3. The van der Waals surface area contributed by atoms with Crippen LogP contribution in [0.15, 0.2) is 24.3 Å². The number of halogens is 4. The minimum absolute atomic E-state index is 0.0292. The summed E-state index contributed by atoms with van der Waals surface area (Å²) in [5.41, 5.74) is 0.520. The first-order chi connectivity index (χ1) is 7.69. The minimum atomic E-state index is -0.271. The molecule has 0 bridgehead atoms. The quantitative estimate of drug-likeness (QED) is 0.718. The van der Waals surface area contributed by atoms with Crippen molar-refractivity contribution in [3.63, 3.8) is 0 Å². The highest BCUT2D eigenvalue weighted by Gasteiger charge is 2.18. The molecule has 0 aliphatic heterocycles. The van der Waals surface area contributed by atoms with Gasteiger partial charge < -0.3 is 4.74 Å². The van der Waals surface area contributed by atoms with E-state index in [2.05, 4.69) is 15.9 Å². The van der Waals surface area contributed by atoms with Crippen LogP contribution in [0.2, 0.25) is 0 Å². The maximum Gasteiger partial charge on any atom is 0.128 e. The van der Waals surface area contributed by atoms with Gasteiger partial charge in [0.25, 0.3) is 0 Å². The average molecular weight is 330 g/mol. The van der Waals surface area contributed by atoms with Crippen LogP contribution in [0.5, 0.6) is 0 Å². The van der Waals surface area contributed by atoms with Gasteiger partial charge in [0.05, 0.1) is 17.5 Å². The van der Waals surface area contributed by atoms with Gasteiger partial charge in [-0.05, 0) is 6.07 Å². The van der Waals surface area contributed by atoms with Crippen LogP contribution in [-0.2, 0) is 11.3 Å². The van der Waals surface area contributed by atoms with Crippen molar-refractivity contribution in [1.82, 2.24) is 0 Å². The van der Waals surface area contributed by atoms with E-state index in [0.29, 0.717) is 17.3 Å². The average Bonchev–Trinajstić information content (AvgIpc) is 2.31. The Morgan fingerprint density at radius 2 is 1.94 bits per heavy atom. The van der Waals surface area contributed by atoms with Crippen LogP contribution in [0.3, 0.4) is 0 Å². The third kappa shape index (κ3) is 4.21. The molecule has 0 fully saturated rings. The first-order valence-electron chi connectivity index (χ1n) is 4.80. The summed E-state index contributed by atoms with van der Waals surface area (Å²) in [7, 11) is 0. The molecule has 5 heteroatoms. The molecule has 0 N–H and O–H groups in total. The fourth-order valence-electron chi connectivity index (χ4n) is 1.16. The topological polar surface area (TPSA) is 9.23 Å². The standard InChI is InChI=1S/C11H12BrCl2FO/c12-9(5-13)11(6-14)16-7-8-3-1-2-4-10(8)15/h1-4,9,11H,5-7H2. The Hall–Kier alpha value is 0.170. The third-order valence-corrected chi connectivity index (χ3v) is 4.04. The normalized spacial score (nSPS) is 14.8. The molecule has 0 saturated carbocycles. The molecular formula is C11H12BrCl2FO. The highest BCUT2D eigenvalue weighted by molar-refractivity contribution is 9.09. The fraction of sp³-hybridized carbons (Fsp3) is 0.455. The van der Waals surface area contributed by atoms with Crippen LogP contribution < -0.4 is 0 Å². The second-order valence-corrected chi connectivity index (χ2v) is 5.06. The molecule has 0 heterocycles. The molecule has 0 radical (unpaired) electrons. The van der Waals surface area contributed by atoms with E-state index in [-0.39, 0.29) is 23.4 Å². The number of hydrogen-bond donors (Lipinski definition) is 0. The van der Waals surface area contributed by atoms with E-state index in [1.165, 1.54) is 6.07 Å². The molecular weight excluding hydrogens is 318 g/mol. The van der Waals surface area contributed by atoms with E-state index in [1.807, 2.05) is 0 Å². The van der Waals surface area contributed by atoms with Crippen LogP contribution in [-0.4, -0.2) is 22.7 Å². The molecule has 2 unspecified atom stereocenters. The van der Waals surface area contributed by atoms with Gasteiger partial charge in [-0.25, -0.2) is 4.39 Å². The van der Waals surface area contributed by atoms with Crippen molar-refractivity contribution in [2.45, 2.75) is 17.5 Å². The lowest BCUT2D eigenvalue weighted by Gasteiger charge is -2.19. The molecule has 1 nitrogen and oxygen atoms in total. The smallest absolute Gasteiger partial charge is 0.128 e. The van der Waals surface area contributed by atoms with Crippen molar-refractivity contribution in [2.75, 3.05) is 11.8 Å². The van der Waals surface area contributed by atoms with Gasteiger partial charge in [-0.2, -0.15) is 0 Å². The van der Waals surface area contributed by atoms with Crippen molar-refractivity contribution in [3.8, 4) is 0 Å². The minimum Gasteiger partial charge on any atom is -0.371 e. The lowest BCUT2D eigenvalue weighted by molar-refractivity contribution is 0.0567. The van der Waals surface area contributed by atoms with Crippen molar-refractivity contribution < 1.29 is 9.13 Å². The van der Waals surface area contributed by atoms with Crippen LogP contribution >= 0.6 is 39.1 Å². The molecule has 0 saturated heterocycles. The second kappa shape index (κ2) is 7.49. The van der Waals surface area contributed by atoms with Gasteiger partial charge in [-0.1, -0.05) is 34.1 Å². The van der Waals surface area contributed by atoms with E-state index in [4.69, 9.17) is 27.9 Å². The predicted octanol–water partition coefficient (Wildman–Crippen LogP) is 3.95.